The van der Waals surface area contributed by atoms with E-state index in [1.807, 2.05) is 11.9 Å². The number of amides is 1. The van der Waals surface area contributed by atoms with Crippen LogP contribution >= 0.6 is 0 Å². The molecule has 2 rings (SSSR count). The zero-order valence-corrected chi connectivity index (χ0v) is 10.9. The number of nitrogens with zero attached hydrogens (tertiary/aromatic N) is 3. The highest BCUT2D eigenvalue weighted by Crippen LogP contribution is 2.29. The predicted octanol–water partition coefficient (Wildman–Crippen LogP) is 0.134. The number of carbonyl (C=O) groups is 1. The molecule has 96 valence electrons. The molecule has 2 unspecified atom stereocenters. The summed E-state index contributed by atoms with van der Waals surface area (Å²) < 4.78 is 0. The largest absolute Gasteiger partial charge is 0.353 e. The van der Waals surface area contributed by atoms with Crippen LogP contribution in [0.2, 0.25) is 0 Å². The van der Waals surface area contributed by atoms with E-state index in [1.54, 1.807) is 6.92 Å². The summed E-state index contributed by atoms with van der Waals surface area (Å²) in [5.74, 6) is 1.93. The molecule has 0 aromatic carbocycles. The summed E-state index contributed by atoms with van der Waals surface area (Å²) in [7, 11) is 1.83. The molecular formula is C12H22N4O. The first kappa shape index (κ1) is 12.2. The van der Waals surface area contributed by atoms with E-state index in [9.17, 15) is 4.79 Å². The van der Waals surface area contributed by atoms with Crippen molar-refractivity contribution in [1.29, 1.82) is 0 Å². The van der Waals surface area contributed by atoms with Gasteiger partial charge in [0.25, 0.3) is 0 Å². The number of piperazine rings is 1. The minimum absolute atomic E-state index is 0.170. The van der Waals surface area contributed by atoms with Crippen molar-refractivity contribution in [3.8, 4) is 0 Å². The molecule has 0 bridgehead atoms. The second-order valence-corrected chi connectivity index (χ2v) is 5.00. The fraction of sp³-hybridized carbons (Fsp3) is 0.833. The lowest BCUT2D eigenvalue weighted by Gasteiger charge is -2.36. The van der Waals surface area contributed by atoms with Crippen molar-refractivity contribution in [3.63, 3.8) is 0 Å². The van der Waals surface area contributed by atoms with Crippen molar-refractivity contribution < 1.29 is 4.79 Å². The number of carbonyl (C=O) groups excluding carboxylic acids is 1. The van der Waals surface area contributed by atoms with E-state index in [0.717, 1.165) is 38.1 Å². The molecule has 2 atom stereocenters. The van der Waals surface area contributed by atoms with Gasteiger partial charge in [-0.15, -0.1) is 0 Å². The standard InChI is InChI=1S/C12H22N4O/c1-9-8-11(9)14-12(13-3)16-6-4-15(5-7-16)10(2)17/h9,11H,4-8H2,1-3H3,(H,13,14). The maximum atomic E-state index is 11.2. The molecule has 1 amide bonds. The lowest BCUT2D eigenvalue weighted by atomic mass is 10.3. The number of hydrogen-bond donors (Lipinski definition) is 1. The summed E-state index contributed by atoms with van der Waals surface area (Å²) >= 11 is 0. The van der Waals surface area contributed by atoms with Crippen molar-refractivity contribution in [2.75, 3.05) is 33.2 Å². The van der Waals surface area contributed by atoms with Gasteiger partial charge in [-0.25, -0.2) is 0 Å². The van der Waals surface area contributed by atoms with Gasteiger partial charge in [0.2, 0.25) is 5.91 Å². The van der Waals surface area contributed by atoms with Gasteiger partial charge in [-0.3, -0.25) is 9.79 Å². The van der Waals surface area contributed by atoms with Crippen LogP contribution in [0.1, 0.15) is 20.3 Å². The fourth-order valence-electron chi connectivity index (χ4n) is 2.22. The summed E-state index contributed by atoms with van der Waals surface area (Å²) in [6, 6.07) is 0.597. The Morgan fingerprint density at radius 2 is 1.76 bits per heavy atom. The van der Waals surface area contributed by atoms with Gasteiger partial charge < -0.3 is 15.1 Å². The van der Waals surface area contributed by atoms with Gasteiger partial charge in [0.05, 0.1) is 0 Å². The van der Waals surface area contributed by atoms with Crippen LogP contribution < -0.4 is 5.32 Å². The number of hydrogen-bond acceptors (Lipinski definition) is 2. The summed E-state index contributed by atoms with van der Waals surface area (Å²) in [5, 5.41) is 3.48. The van der Waals surface area contributed by atoms with Crippen molar-refractivity contribution >= 4 is 11.9 Å². The van der Waals surface area contributed by atoms with Crippen LogP contribution in [0, 0.1) is 5.92 Å². The average molecular weight is 238 g/mol. The van der Waals surface area contributed by atoms with Gasteiger partial charge in [0.1, 0.15) is 0 Å². The van der Waals surface area contributed by atoms with Crippen LogP contribution in [-0.4, -0.2) is 60.9 Å². The van der Waals surface area contributed by atoms with Crippen LogP contribution in [-0.2, 0) is 4.79 Å². The number of rotatable bonds is 1. The van der Waals surface area contributed by atoms with Crippen LogP contribution in [0.5, 0.6) is 0 Å². The molecule has 0 spiro atoms. The van der Waals surface area contributed by atoms with Crippen LogP contribution in [0.3, 0.4) is 0 Å². The first-order valence-corrected chi connectivity index (χ1v) is 6.35. The summed E-state index contributed by atoms with van der Waals surface area (Å²) in [4.78, 5) is 19.7. The van der Waals surface area contributed by atoms with E-state index in [1.165, 1.54) is 6.42 Å². The lowest BCUT2D eigenvalue weighted by molar-refractivity contribution is -0.130. The van der Waals surface area contributed by atoms with Crippen molar-refractivity contribution in [1.82, 2.24) is 15.1 Å². The molecule has 1 aliphatic carbocycles. The Kier molecular flexibility index (Phi) is 3.54. The zero-order chi connectivity index (χ0) is 12.4. The average Bonchev–Trinajstić information content (AvgIpc) is 3.02. The topological polar surface area (TPSA) is 47.9 Å². The summed E-state index contributed by atoms with van der Waals surface area (Å²) in [5.41, 5.74) is 0. The smallest absolute Gasteiger partial charge is 0.219 e. The quantitative estimate of drug-likeness (QED) is 0.522. The van der Waals surface area contributed by atoms with Gasteiger partial charge in [-0.1, -0.05) is 6.92 Å². The fourth-order valence-corrected chi connectivity index (χ4v) is 2.22. The van der Waals surface area contributed by atoms with Crippen molar-refractivity contribution in [2.24, 2.45) is 10.9 Å². The lowest BCUT2D eigenvalue weighted by Crippen LogP contribution is -2.53. The molecule has 1 N–H and O–H groups in total. The van der Waals surface area contributed by atoms with E-state index in [2.05, 4.69) is 22.1 Å². The Labute approximate surface area is 103 Å². The molecule has 1 saturated carbocycles. The maximum Gasteiger partial charge on any atom is 0.219 e. The molecule has 2 aliphatic rings. The Morgan fingerprint density at radius 3 is 2.18 bits per heavy atom. The van der Waals surface area contributed by atoms with E-state index in [4.69, 9.17) is 0 Å². The first-order valence-electron chi connectivity index (χ1n) is 6.35. The molecule has 5 heteroatoms. The molecule has 0 radical (unpaired) electrons. The Hall–Kier alpha value is -1.26. The summed E-state index contributed by atoms with van der Waals surface area (Å²) in [6.07, 6.45) is 1.24. The molecule has 2 fully saturated rings. The number of nitrogens with one attached hydrogen (secondary N) is 1. The second kappa shape index (κ2) is 4.94. The van der Waals surface area contributed by atoms with Crippen molar-refractivity contribution in [2.45, 2.75) is 26.3 Å². The highest BCUT2D eigenvalue weighted by atomic mass is 16.2. The van der Waals surface area contributed by atoms with E-state index in [-0.39, 0.29) is 5.91 Å². The molecule has 5 nitrogen and oxygen atoms in total. The molecular weight excluding hydrogens is 216 g/mol. The third-order valence-corrected chi connectivity index (χ3v) is 3.66. The van der Waals surface area contributed by atoms with Crippen molar-refractivity contribution in [3.05, 3.63) is 0 Å². The number of guanidine groups is 1. The third-order valence-electron chi connectivity index (χ3n) is 3.66. The predicted molar refractivity (Wildman–Crippen MR) is 67.9 cm³/mol. The highest BCUT2D eigenvalue weighted by molar-refractivity contribution is 5.81. The van der Waals surface area contributed by atoms with Gasteiger partial charge in [-0.05, 0) is 12.3 Å². The van der Waals surface area contributed by atoms with E-state index in [0.29, 0.717) is 6.04 Å². The maximum absolute atomic E-state index is 11.2. The first-order chi connectivity index (χ1) is 8.11. The summed E-state index contributed by atoms with van der Waals surface area (Å²) in [6.45, 7) is 7.24. The van der Waals surface area contributed by atoms with Crippen LogP contribution in [0.4, 0.5) is 0 Å². The minimum Gasteiger partial charge on any atom is -0.353 e. The zero-order valence-electron chi connectivity index (χ0n) is 10.9. The van der Waals surface area contributed by atoms with Gasteiger partial charge in [0.15, 0.2) is 5.96 Å². The van der Waals surface area contributed by atoms with Gasteiger partial charge in [-0.2, -0.15) is 0 Å². The van der Waals surface area contributed by atoms with Gasteiger partial charge in [0, 0.05) is 46.2 Å². The molecule has 1 aliphatic heterocycles. The Bertz CT molecular complexity index is 320. The second-order valence-electron chi connectivity index (χ2n) is 5.00. The monoisotopic (exact) mass is 238 g/mol. The molecule has 17 heavy (non-hydrogen) atoms. The normalized spacial score (nSPS) is 29.2. The SMILES string of the molecule is CN=C(NC1CC1C)N1CCN(C(C)=O)CC1. The van der Waals surface area contributed by atoms with Crippen LogP contribution in [0.25, 0.3) is 0 Å². The van der Waals surface area contributed by atoms with Crippen LogP contribution in [0.15, 0.2) is 4.99 Å². The Morgan fingerprint density at radius 1 is 1.24 bits per heavy atom. The third kappa shape index (κ3) is 2.90. The Balaban J connectivity index is 1.84. The minimum atomic E-state index is 0.170. The van der Waals surface area contributed by atoms with E-state index >= 15 is 0 Å². The molecule has 1 heterocycles. The van der Waals surface area contributed by atoms with E-state index < -0.39 is 0 Å². The molecule has 1 saturated heterocycles. The highest BCUT2D eigenvalue weighted by Gasteiger charge is 2.34. The van der Waals surface area contributed by atoms with Gasteiger partial charge >= 0.3 is 0 Å². The molecule has 0 aromatic rings. The molecule has 0 aromatic heterocycles. The number of aliphatic imine (C=N–C) groups is 1.